The molecule has 0 aliphatic rings. The first-order chi connectivity index (χ1) is 29.3. The van der Waals surface area contributed by atoms with Crippen molar-refractivity contribution in [1.82, 2.24) is 0 Å². The topological polar surface area (TPSA) is 0 Å². The Kier molecular flexibility index (Phi) is 18.0. The number of rotatable bonds is 17. The summed E-state index contributed by atoms with van der Waals surface area (Å²) in [5.74, 6) is -71.4. The fourth-order valence-electron chi connectivity index (χ4n) is 7.30. The Hall–Kier alpha value is -4.50. The average Bonchev–Trinajstić information content (AvgIpc) is 3.23. The lowest BCUT2D eigenvalue weighted by Crippen LogP contribution is -2.81. The van der Waals surface area contributed by atoms with Crippen LogP contribution in [0.1, 0.15) is 84.0 Å². The van der Waals surface area contributed by atoms with Gasteiger partial charge in [0.05, 0.1) is 27.7 Å². The molecular formula is C41H38BF20N. The third-order valence-corrected chi connectivity index (χ3v) is 10.4. The maximum atomic E-state index is 15.4. The van der Waals surface area contributed by atoms with Crippen LogP contribution in [0.25, 0.3) is 0 Å². The molecule has 4 aromatic carbocycles. The second kappa shape index (κ2) is 21.5. The van der Waals surface area contributed by atoms with E-state index in [1.807, 2.05) is 0 Å². The molecule has 0 fully saturated rings. The Balaban J connectivity index is 0.000000495. The Morgan fingerprint density at radius 1 is 0.254 bits per heavy atom. The highest BCUT2D eigenvalue weighted by molar-refractivity contribution is 7.20. The van der Waals surface area contributed by atoms with Gasteiger partial charge in [-0.2, -0.15) is 0 Å². The van der Waals surface area contributed by atoms with Crippen molar-refractivity contribution < 1.29 is 92.3 Å². The van der Waals surface area contributed by atoms with Crippen LogP contribution in [0.5, 0.6) is 0 Å². The third-order valence-electron chi connectivity index (χ3n) is 10.4. The summed E-state index contributed by atoms with van der Waals surface area (Å²) < 4.78 is 295. The number of hydrogen-bond acceptors (Lipinski definition) is 0. The molecule has 0 bridgehead atoms. The van der Waals surface area contributed by atoms with Gasteiger partial charge in [0.1, 0.15) is 52.7 Å². The molecule has 0 unspecified atom stereocenters. The van der Waals surface area contributed by atoms with Gasteiger partial charge >= 0.3 is 0 Å². The molecule has 0 heterocycles. The molecule has 0 saturated heterocycles. The lowest BCUT2D eigenvalue weighted by molar-refractivity contribution is -0.870. The van der Waals surface area contributed by atoms with Crippen molar-refractivity contribution in [3.05, 3.63) is 116 Å². The lowest BCUT2D eigenvalue weighted by Gasteiger charge is -2.44. The standard InChI is InChI=1S/C24BF20.C17H38N/c26-5-1(6(27)14(35)21(42)13(5)34)25(2-7(28)15(36)22(43)16(37)8(2)29,3-9(30)17(38)23(44)18(39)10(3)31)4-11(32)19(40)24(45)20(41)12(4)33;1-5-6-7-8-9-10-11-12-13-14-15-16-17-18(2,3)4/h;5-17H2,1-4H3/q-1;+1. The highest BCUT2D eigenvalue weighted by atomic mass is 19.2. The maximum Gasteiger partial charge on any atom is 0.200 e. The van der Waals surface area contributed by atoms with Crippen LogP contribution < -0.4 is 21.9 Å². The van der Waals surface area contributed by atoms with Crippen LogP contribution in [0.15, 0.2) is 0 Å². The van der Waals surface area contributed by atoms with Gasteiger partial charge in [-0.3, -0.25) is 0 Å². The zero-order valence-electron chi connectivity index (χ0n) is 33.8. The summed E-state index contributed by atoms with van der Waals surface area (Å²) in [6.07, 6.45) is 10.2. The normalized spacial score (nSPS) is 12.0. The van der Waals surface area contributed by atoms with Gasteiger partial charge in [-0.15, -0.1) is 21.9 Å². The largest absolute Gasteiger partial charge is 0.331 e. The Morgan fingerprint density at radius 2 is 0.413 bits per heavy atom. The van der Waals surface area contributed by atoms with E-state index in [1.54, 1.807) is 0 Å². The summed E-state index contributed by atoms with van der Waals surface area (Å²) in [5, 5.41) is 0. The molecule has 0 amide bonds. The van der Waals surface area contributed by atoms with Crippen molar-refractivity contribution in [3.8, 4) is 0 Å². The Labute approximate surface area is 348 Å². The van der Waals surface area contributed by atoms with Gasteiger partial charge in [-0.25, -0.2) is 87.8 Å². The summed E-state index contributed by atoms with van der Waals surface area (Å²) in [6, 6.07) is 0. The summed E-state index contributed by atoms with van der Waals surface area (Å²) >= 11 is 0. The van der Waals surface area contributed by atoms with Crippen LogP contribution in [-0.2, 0) is 0 Å². The molecular weight excluding hydrogens is 897 g/mol. The Morgan fingerprint density at radius 3 is 0.587 bits per heavy atom. The van der Waals surface area contributed by atoms with Gasteiger partial charge in [0, 0.05) is 0 Å². The molecule has 0 atom stereocenters. The molecule has 4 rings (SSSR count). The summed E-state index contributed by atoms with van der Waals surface area (Å²) in [6.45, 7) is 3.62. The third kappa shape index (κ3) is 10.4. The molecule has 0 radical (unpaired) electrons. The molecule has 4 aromatic rings. The summed E-state index contributed by atoms with van der Waals surface area (Å²) in [4.78, 5) is 0. The quantitative estimate of drug-likeness (QED) is 0.0247. The van der Waals surface area contributed by atoms with Crippen molar-refractivity contribution in [1.29, 1.82) is 0 Å². The van der Waals surface area contributed by atoms with E-state index < -0.39 is 144 Å². The summed E-state index contributed by atoms with van der Waals surface area (Å²) in [5.41, 5.74) is -14.3. The smallest absolute Gasteiger partial charge is 0.200 e. The SMILES string of the molecule is CCCCCCCCCCCCCC[N+](C)(C)C.Fc1c(F)c(F)c([B-](c2c(F)c(F)c(F)c(F)c2F)(c2c(F)c(F)c(F)c(F)c2F)c2c(F)c(F)c(F)c(F)c2F)c(F)c1F. The van der Waals surface area contributed by atoms with E-state index in [0.717, 1.165) is 4.48 Å². The van der Waals surface area contributed by atoms with Crippen molar-refractivity contribution in [2.75, 3.05) is 27.7 Å². The molecule has 63 heavy (non-hydrogen) atoms. The van der Waals surface area contributed by atoms with E-state index in [-0.39, 0.29) is 0 Å². The van der Waals surface area contributed by atoms with Crippen molar-refractivity contribution in [2.24, 2.45) is 0 Å². The number of hydrogen-bond donors (Lipinski definition) is 0. The first-order valence-electron chi connectivity index (χ1n) is 19.3. The maximum absolute atomic E-state index is 15.4. The predicted molar refractivity (Wildman–Crippen MR) is 193 cm³/mol. The molecule has 22 heteroatoms. The van der Waals surface area contributed by atoms with Crippen molar-refractivity contribution >= 4 is 28.0 Å². The van der Waals surface area contributed by atoms with E-state index in [1.165, 1.54) is 83.6 Å². The van der Waals surface area contributed by atoms with E-state index >= 15 is 35.1 Å². The number of unbranched alkanes of at least 4 members (excludes halogenated alkanes) is 11. The van der Waals surface area contributed by atoms with E-state index in [4.69, 9.17) is 0 Å². The first kappa shape index (κ1) is 52.8. The monoisotopic (exact) mass is 935 g/mol. The van der Waals surface area contributed by atoms with Gasteiger partial charge in [0.2, 0.25) is 0 Å². The van der Waals surface area contributed by atoms with Gasteiger partial charge in [-0.1, -0.05) is 71.1 Å². The zero-order chi connectivity index (χ0) is 48.0. The number of benzene rings is 4. The van der Waals surface area contributed by atoms with Crippen LogP contribution in [0.3, 0.4) is 0 Å². The fourth-order valence-corrected chi connectivity index (χ4v) is 7.30. The molecule has 0 saturated carbocycles. The summed E-state index contributed by atoms with van der Waals surface area (Å²) in [7, 11) is 6.87. The van der Waals surface area contributed by atoms with Crippen LogP contribution >= 0.6 is 0 Å². The minimum absolute atomic E-state index is 1.12. The van der Waals surface area contributed by atoms with Crippen molar-refractivity contribution in [3.63, 3.8) is 0 Å². The van der Waals surface area contributed by atoms with Gasteiger partial charge in [0.25, 0.3) is 0 Å². The number of quaternary nitrogens is 1. The van der Waals surface area contributed by atoms with E-state index in [9.17, 15) is 52.7 Å². The highest BCUT2D eigenvalue weighted by Crippen LogP contribution is 2.31. The van der Waals surface area contributed by atoms with E-state index in [0.29, 0.717) is 0 Å². The van der Waals surface area contributed by atoms with Gasteiger partial charge < -0.3 is 4.48 Å². The van der Waals surface area contributed by atoms with Crippen LogP contribution in [0.2, 0.25) is 0 Å². The molecule has 0 aromatic heterocycles. The molecule has 0 aliphatic heterocycles. The van der Waals surface area contributed by atoms with Gasteiger partial charge in [0.15, 0.2) is 69.8 Å². The second-order valence-electron chi connectivity index (χ2n) is 15.7. The number of halogens is 20. The molecule has 0 N–H and O–H groups in total. The van der Waals surface area contributed by atoms with E-state index in [2.05, 4.69) is 28.1 Å². The van der Waals surface area contributed by atoms with Crippen LogP contribution in [-0.4, -0.2) is 38.3 Å². The minimum atomic E-state index is -7.22. The molecule has 1 nitrogen and oxygen atoms in total. The molecule has 0 aliphatic carbocycles. The van der Waals surface area contributed by atoms with Gasteiger partial charge in [-0.05, 0) is 12.8 Å². The predicted octanol–water partition coefficient (Wildman–Crippen LogP) is 11.2. The minimum Gasteiger partial charge on any atom is -0.331 e. The highest BCUT2D eigenvalue weighted by Gasteiger charge is 2.52. The number of nitrogens with zero attached hydrogens (tertiary/aromatic N) is 1. The average molecular weight is 936 g/mol. The lowest BCUT2D eigenvalue weighted by atomic mass is 9.12. The fraction of sp³-hybridized carbons (Fsp3) is 0.415. The van der Waals surface area contributed by atoms with Crippen LogP contribution in [0.4, 0.5) is 87.8 Å². The van der Waals surface area contributed by atoms with Crippen LogP contribution in [0, 0.1) is 116 Å². The molecule has 350 valence electrons. The molecule has 0 spiro atoms. The second-order valence-corrected chi connectivity index (χ2v) is 15.7. The first-order valence-corrected chi connectivity index (χ1v) is 19.3. The zero-order valence-corrected chi connectivity index (χ0v) is 33.8. The van der Waals surface area contributed by atoms with Crippen molar-refractivity contribution in [2.45, 2.75) is 84.0 Å². The Bertz CT molecular complexity index is 1910.